The summed E-state index contributed by atoms with van der Waals surface area (Å²) in [7, 11) is 1.86. The molecule has 4 aromatic rings. The van der Waals surface area contributed by atoms with E-state index in [1.807, 2.05) is 74.8 Å². The minimum absolute atomic E-state index is 0.00235. The van der Waals surface area contributed by atoms with Gasteiger partial charge in [-0.3, -0.25) is 9.48 Å². The second kappa shape index (κ2) is 8.67. The number of halogens is 1. The highest BCUT2D eigenvalue weighted by Crippen LogP contribution is 2.25. The first-order valence-electron chi connectivity index (χ1n) is 9.94. The Kier molecular flexibility index (Phi) is 5.81. The standard InChI is InChI=1S/C24H23ClN4O/c1-16(11-12-17-7-3-5-9-21(17)25)27-24(30)20-13-23(18-14-26-29(2)15-18)28-22-10-6-4-8-19(20)22/h3-10,13-16H,11-12H2,1-2H3,(H,27,30). The molecule has 2 heterocycles. The zero-order chi connectivity index (χ0) is 21.1. The molecular formula is C24H23ClN4O. The number of aryl methyl sites for hydroxylation is 2. The fraction of sp³-hybridized carbons (Fsp3) is 0.208. The van der Waals surface area contributed by atoms with E-state index in [0.29, 0.717) is 5.56 Å². The zero-order valence-corrected chi connectivity index (χ0v) is 17.7. The molecular weight excluding hydrogens is 396 g/mol. The summed E-state index contributed by atoms with van der Waals surface area (Å²) in [6, 6.07) is 17.4. The van der Waals surface area contributed by atoms with Gasteiger partial charge in [-0.15, -0.1) is 0 Å². The highest BCUT2D eigenvalue weighted by Gasteiger charge is 2.16. The molecule has 4 rings (SSSR count). The molecule has 0 radical (unpaired) electrons. The van der Waals surface area contributed by atoms with E-state index in [2.05, 4.69) is 10.4 Å². The molecule has 30 heavy (non-hydrogen) atoms. The maximum absolute atomic E-state index is 13.2. The molecule has 0 fully saturated rings. The molecule has 0 bridgehead atoms. The van der Waals surface area contributed by atoms with Crippen LogP contribution in [-0.2, 0) is 13.5 Å². The number of nitrogens with zero attached hydrogens (tertiary/aromatic N) is 3. The average molecular weight is 419 g/mol. The van der Waals surface area contributed by atoms with Crippen LogP contribution in [-0.4, -0.2) is 26.7 Å². The van der Waals surface area contributed by atoms with Crippen molar-refractivity contribution in [1.82, 2.24) is 20.1 Å². The summed E-state index contributed by atoms with van der Waals surface area (Å²) < 4.78 is 1.72. The Bertz CT molecular complexity index is 1200. The summed E-state index contributed by atoms with van der Waals surface area (Å²) in [6.07, 6.45) is 5.25. The van der Waals surface area contributed by atoms with Gasteiger partial charge in [0.25, 0.3) is 5.91 Å². The molecule has 1 amide bonds. The SMILES string of the molecule is CC(CCc1ccccc1Cl)NC(=O)c1cc(-c2cnn(C)c2)nc2ccccc12. The summed E-state index contributed by atoms with van der Waals surface area (Å²) in [6.45, 7) is 2.01. The van der Waals surface area contributed by atoms with Gasteiger partial charge in [0.15, 0.2) is 0 Å². The molecule has 0 saturated heterocycles. The molecule has 0 aliphatic rings. The smallest absolute Gasteiger partial charge is 0.252 e. The number of carbonyl (C=O) groups excluding carboxylic acids is 1. The van der Waals surface area contributed by atoms with Crippen LogP contribution < -0.4 is 5.32 Å². The Hall–Kier alpha value is -3.18. The summed E-state index contributed by atoms with van der Waals surface area (Å²) in [5.74, 6) is -0.106. The van der Waals surface area contributed by atoms with Crippen molar-refractivity contribution in [3.63, 3.8) is 0 Å². The van der Waals surface area contributed by atoms with Gasteiger partial charge in [-0.25, -0.2) is 4.98 Å². The number of hydrogen-bond donors (Lipinski definition) is 1. The quantitative estimate of drug-likeness (QED) is 0.477. The van der Waals surface area contributed by atoms with Crippen molar-refractivity contribution in [3.05, 3.63) is 83.1 Å². The molecule has 1 atom stereocenters. The highest BCUT2D eigenvalue weighted by molar-refractivity contribution is 6.31. The number of hydrogen-bond acceptors (Lipinski definition) is 3. The van der Waals surface area contributed by atoms with E-state index in [9.17, 15) is 4.79 Å². The van der Waals surface area contributed by atoms with E-state index in [1.54, 1.807) is 10.9 Å². The van der Waals surface area contributed by atoms with Gasteiger partial charge in [-0.1, -0.05) is 48.0 Å². The Balaban J connectivity index is 1.57. The van der Waals surface area contributed by atoms with Crippen LogP contribution in [0.5, 0.6) is 0 Å². The van der Waals surface area contributed by atoms with Crippen molar-refractivity contribution in [2.45, 2.75) is 25.8 Å². The van der Waals surface area contributed by atoms with Crippen LogP contribution in [0.2, 0.25) is 5.02 Å². The molecule has 2 aromatic carbocycles. The summed E-state index contributed by atoms with van der Waals surface area (Å²) in [5, 5.41) is 8.95. The average Bonchev–Trinajstić information content (AvgIpc) is 3.18. The van der Waals surface area contributed by atoms with Gasteiger partial charge >= 0.3 is 0 Å². The number of amides is 1. The molecule has 0 aliphatic carbocycles. The van der Waals surface area contributed by atoms with E-state index in [4.69, 9.17) is 16.6 Å². The molecule has 2 aromatic heterocycles. The van der Waals surface area contributed by atoms with Gasteiger partial charge in [-0.2, -0.15) is 5.10 Å². The van der Waals surface area contributed by atoms with Crippen molar-refractivity contribution in [2.24, 2.45) is 7.05 Å². The lowest BCUT2D eigenvalue weighted by molar-refractivity contribution is 0.0940. The third-order valence-corrected chi connectivity index (χ3v) is 5.51. The lowest BCUT2D eigenvalue weighted by Crippen LogP contribution is -2.33. The first-order valence-corrected chi connectivity index (χ1v) is 10.3. The number of fused-ring (bicyclic) bond motifs is 1. The third kappa shape index (κ3) is 4.36. The number of rotatable bonds is 6. The van der Waals surface area contributed by atoms with Gasteiger partial charge < -0.3 is 5.32 Å². The Morgan fingerprint density at radius 2 is 1.93 bits per heavy atom. The lowest BCUT2D eigenvalue weighted by Gasteiger charge is -2.16. The predicted molar refractivity (Wildman–Crippen MR) is 121 cm³/mol. The predicted octanol–water partition coefficient (Wildman–Crippen LogP) is 5.04. The molecule has 5 nitrogen and oxygen atoms in total. The Morgan fingerprint density at radius 1 is 1.17 bits per heavy atom. The van der Waals surface area contributed by atoms with E-state index < -0.39 is 0 Å². The van der Waals surface area contributed by atoms with Gasteiger partial charge in [0.1, 0.15) is 0 Å². The normalized spacial score (nSPS) is 12.1. The first-order chi connectivity index (χ1) is 14.5. The number of nitrogens with one attached hydrogen (secondary N) is 1. The number of para-hydroxylation sites is 1. The van der Waals surface area contributed by atoms with Crippen LogP contribution >= 0.6 is 11.6 Å². The molecule has 0 spiro atoms. The van der Waals surface area contributed by atoms with E-state index >= 15 is 0 Å². The van der Waals surface area contributed by atoms with Crippen LogP contribution in [0.4, 0.5) is 0 Å². The van der Waals surface area contributed by atoms with Crippen molar-refractivity contribution < 1.29 is 4.79 Å². The summed E-state index contributed by atoms with van der Waals surface area (Å²) >= 11 is 6.25. The molecule has 152 valence electrons. The van der Waals surface area contributed by atoms with Crippen LogP contribution in [0.25, 0.3) is 22.2 Å². The Labute approximate surface area is 180 Å². The largest absolute Gasteiger partial charge is 0.350 e. The van der Waals surface area contributed by atoms with Crippen LogP contribution in [0.15, 0.2) is 67.0 Å². The van der Waals surface area contributed by atoms with Crippen LogP contribution in [0, 0.1) is 0 Å². The zero-order valence-electron chi connectivity index (χ0n) is 17.0. The molecule has 0 saturated carbocycles. The minimum Gasteiger partial charge on any atom is -0.350 e. The van der Waals surface area contributed by atoms with Crippen molar-refractivity contribution in [3.8, 4) is 11.3 Å². The topological polar surface area (TPSA) is 59.8 Å². The van der Waals surface area contributed by atoms with Crippen molar-refractivity contribution in [1.29, 1.82) is 0 Å². The van der Waals surface area contributed by atoms with Crippen LogP contribution in [0.1, 0.15) is 29.3 Å². The molecule has 6 heteroatoms. The number of aromatic nitrogens is 3. The number of carbonyl (C=O) groups is 1. The minimum atomic E-state index is -0.106. The van der Waals surface area contributed by atoms with Crippen molar-refractivity contribution >= 4 is 28.4 Å². The lowest BCUT2D eigenvalue weighted by atomic mass is 10.0. The van der Waals surface area contributed by atoms with E-state index in [1.165, 1.54) is 0 Å². The molecule has 1 N–H and O–H groups in total. The Morgan fingerprint density at radius 3 is 2.70 bits per heavy atom. The van der Waals surface area contributed by atoms with Crippen molar-refractivity contribution in [2.75, 3.05) is 0 Å². The number of benzene rings is 2. The summed E-state index contributed by atoms with van der Waals surface area (Å²) in [5.41, 5.74) is 4.10. The van der Waals surface area contributed by atoms with E-state index in [-0.39, 0.29) is 11.9 Å². The maximum atomic E-state index is 13.2. The second-order valence-electron chi connectivity index (χ2n) is 7.48. The van der Waals surface area contributed by atoms with Crippen LogP contribution in [0.3, 0.4) is 0 Å². The monoisotopic (exact) mass is 418 g/mol. The van der Waals surface area contributed by atoms with Gasteiger partial charge in [0, 0.05) is 35.3 Å². The third-order valence-electron chi connectivity index (χ3n) is 5.14. The maximum Gasteiger partial charge on any atom is 0.252 e. The fourth-order valence-corrected chi connectivity index (χ4v) is 3.74. The molecule has 0 aliphatic heterocycles. The van der Waals surface area contributed by atoms with E-state index in [0.717, 1.165) is 45.6 Å². The van der Waals surface area contributed by atoms with Gasteiger partial charge in [-0.05, 0) is 43.5 Å². The highest BCUT2D eigenvalue weighted by atomic mass is 35.5. The summed E-state index contributed by atoms with van der Waals surface area (Å²) in [4.78, 5) is 17.9. The molecule has 1 unspecified atom stereocenters. The first kappa shape index (κ1) is 20.1. The van der Waals surface area contributed by atoms with Gasteiger partial charge in [0.2, 0.25) is 0 Å². The fourth-order valence-electron chi connectivity index (χ4n) is 3.51. The second-order valence-corrected chi connectivity index (χ2v) is 7.89. The van der Waals surface area contributed by atoms with Gasteiger partial charge in [0.05, 0.1) is 23.0 Å². The number of pyridine rings is 1.